The molecule has 2 nitrogen and oxygen atoms in total. The van der Waals surface area contributed by atoms with Crippen LogP contribution in [0.4, 0.5) is 17.1 Å². The summed E-state index contributed by atoms with van der Waals surface area (Å²) in [6, 6.07) is 50.4. The Hall–Kier alpha value is -5.03. The van der Waals surface area contributed by atoms with E-state index in [9.17, 15) is 0 Å². The second kappa shape index (κ2) is 9.77. The molecule has 202 valence electrons. The molecule has 9 rings (SSSR count). The molecular weight excluding hydrogens is 561 g/mol. The number of nitrogens with zero attached hydrogens (tertiary/aromatic N) is 2. The highest BCUT2D eigenvalue weighted by molar-refractivity contribution is 7.26. The van der Waals surface area contributed by atoms with Gasteiger partial charge in [0, 0.05) is 69.0 Å². The first kappa shape index (κ1) is 24.6. The standard InChI is InChI=1S/C39H24N2S2/c1-2-8-27(9-3-1)41(29-19-20-31-30-10-5-7-13-36(30)42-38(31)23-29)28-17-14-25(15-18-28)26-16-21-37-33(22-26)34-24-40-35-12-6-4-11-32(35)39(34)43-37/h1-24H. The molecule has 0 amide bonds. The van der Waals surface area contributed by atoms with Crippen molar-refractivity contribution < 1.29 is 0 Å². The van der Waals surface area contributed by atoms with Crippen LogP contribution >= 0.6 is 22.7 Å². The van der Waals surface area contributed by atoms with Gasteiger partial charge in [-0.1, -0.05) is 78.9 Å². The van der Waals surface area contributed by atoms with Gasteiger partial charge in [-0.15, -0.1) is 22.7 Å². The lowest BCUT2D eigenvalue weighted by molar-refractivity contribution is 1.29. The highest BCUT2D eigenvalue weighted by Crippen LogP contribution is 2.42. The minimum atomic E-state index is 1.05. The topological polar surface area (TPSA) is 16.1 Å². The Morgan fingerprint density at radius 1 is 0.419 bits per heavy atom. The van der Waals surface area contributed by atoms with Crippen molar-refractivity contribution in [1.82, 2.24) is 4.98 Å². The van der Waals surface area contributed by atoms with Crippen LogP contribution in [0.5, 0.6) is 0 Å². The van der Waals surface area contributed by atoms with E-state index in [1.165, 1.54) is 56.9 Å². The second-order valence-electron chi connectivity index (χ2n) is 10.8. The van der Waals surface area contributed by atoms with Crippen molar-refractivity contribution in [3.8, 4) is 11.1 Å². The number of para-hydroxylation sites is 2. The number of anilines is 3. The van der Waals surface area contributed by atoms with Gasteiger partial charge in [0.25, 0.3) is 0 Å². The van der Waals surface area contributed by atoms with Crippen molar-refractivity contribution in [3.63, 3.8) is 0 Å². The van der Waals surface area contributed by atoms with Gasteiger partial charge in [-0.3, -0.25) is 4.98 Å². The van der Waals surface area contributed by atoms with Crippen LogP contribution in [-0.2, 0) is 0 Å². The summed E-state index contributed by atoms with van der Waals surface area (Å²) < 4.78 is 5.22. The number of benzene rings is 6. The first-order valence-electron chi connectivity index (χ1n) is 14.4. The molecule has 0 N–H and O–H groups in total. The van der Waals surface area contributed by atoms with E-state index in [1.807, 2.05) is 28.9 Å². The fraction of sp³-hybridized carbons (Fsp3) is 0. The summed E-state index contributed by atoms with van der Waals surface area (Å²) >= 11 is 3.71. The minimum absolute atomic E-state index is 1.05. The number of fused-ring (bicyclic) bond motifs is 8. The highest BCUT2D eigenvalue weighted by Gasteiger charge is 2.15. The van der Waals surface area contributed by atoms with Crippen molar-refractivity contribution in [2.45, 2.75) is 0 Å². The van der Waals surface area contributed by atoms with Gasteiger partial charge in [0.1, 0.15) is 0 Å². The smallest absolute Gasteiger partial charge is 0.0716 e. The van der Waals surface area contributed by atoms with Crippen molar-refractivity contribution in [2.24, 2.45) is 0 Å². The van der Waals surface area contributed by atoms with Gasteiger partial charge in [-0.05, 0) is 71.8 Å². The van der Waals surface area contributed by atoms with Crippen LogP contribution in [0.3, 0.4) is 0 Å². The van der Waals surface area contributed by atoms with Crippen LogP contribution in [-0.4, -0.2) is 4.98 Å². The molecule has 0 fully saturated rings. The minimum Gasteiger partial charge on any atom is -0.310 e. The molecule has 9 aromatic rings. The third-order valence-corrected chi connectivity index (χ3v) is 10.7. The van der Waals surface area contributed by atoms with Gasteiger partial charge in [0.15, 0.2) is 0 Å². The van der Waals surface area contributed by atoms with Gasteiger partial charge < -0.3 is 4.90 Å². The molecule has 0 radical (unpaired) electrons. The van der Waals surface area contributed by atoms with Gasteiger partial charge >= 0.3 is 0 Å². The van der Waals surface area contributed by atoms with E-state index in [0.717, 1.165) is 22.6 Å². The molecule has 0 unspecified atom stereocenters. The highest BCUT2D eigenvalue weighted by atomic mass is 32.1. The molecule has 0 atom stereocenters. The van der Waals surface area contributed by atoms with Crippen LogP contribution < -0.4 is 4.90 Å². The molecule has 0 aliphatic heterocycles. The molecule has 4 heteroatoms. The summed E-state index contributed by atoms with van der Waals surface area (Å²) in [7, 11) is 0. The number of hydrogen-bond acceptors (Lipinski definition) is 4. The summed E-state index contributed by atoms with van der Waals surface area (Å²) in [6.07, 6.45) is 2.04. The Morgan fingerprint density at radius 2 is 1.09 bits per heavy atom. The fourth-order valence-corrected chi connectivity index (χ4v) is 8.55. The third kappa shape index (κ3) is 4.03. The van der Waals surface area contributed by atoms with Crippen LogP contribution in [0, 0.1) is 0 Å². The van der Waals surface area contributed by atoms with Gasteiger partial charge in [-0.2, -0.15) is 0 Å². The largest absolute Gasteiger partial charge is 0.310 e. The normalized spacial score (nSPS) is 11.7. The number of thiophene rings is 2. The average molecular weight is 585 g/mol. The van der Waals surface area contributed by atoms with Crippen molar-refractivity contribution in [1.29, 1.82) is 0 Å². The summed E-state index contributed by atoms with van der Waals surface area (Å²) in [6.45, 7) is 0. The molecule has 6 aromatic carbocycles. The van der Waals surface area contributed by atoms with Gasteiger partial charge in [0.05, 0.1) is 5.52 Å². The molecule has 0 saturated carbocycles. The van der Waals surface area contributed by atoms with Crippen molar-refractivity contribution in [2.75, 3.05) is 4.90 Å². The van der Waals surface area contributed by atoms with Crippen LogP contribution in [0.25, 0.3) is 62.4 Å². The summed E-state index contributed by atoms with van der Waals surface area (Å²) in [4.78, 5) is 7.10. The van der Waals surface area contributed by atoms with E-state index in [-0.39, 0.29) is 0 Å². The summed E-state index contributed by atoms with van der Waals surface area (Å²) in [5.74, 6) is 0. The van der Waals surface area contributed by atoms with Gasteiger partial charge in [0.2, 0.25) is 0 Å². The first-order chi connectivity index (χ1) is 21.3. The monoisotopic (exact) mass is 584 g/mol. The number of hydrogen-bond donors (Lipinski definition) is 0. The van der Waals surface area contributed by atoms with E-state index in [1.54, 1.807) is 0 Å². The lowest BCUT2D eigenvalue weighted by Crippen LogP contribution is -2.09. The molecule has 0 saturated heterocycles. The van der Waals surface area contributed by atoms with Crippen LogP contribution in [0.2, 0.25) is 0 Å². The van der Waals surface area contributed by atoms with Gasteiger partial charge in [-0.25, -0.2) is 0 Å². The zero-order chi connectivity index (χ0) is 28.3. The molecule has 3 aromatic heterocycles. The molecular formula is C39H24N2S2. The van der Waals surface area contributed by atoms with E-state index < -0.39 is 0 Å². The molecule has 43 heavy (non-hydrogen) atoms. The Balaban J connectivity index is 1.13. The van der Waals surface area contributed by atoms with E-state index in [2.05, 4.69) is 144 Å². The van der Waals surface area contributed by atoms with E-state index >= 15 is 0 Å². The maximum absolute atomic E-state index is 4.76. The van der Waals surface area contributed by atoms with Crippen LogP contribution in [0.15, 0.2) is 146 Å². The number of rotatable bonds is 4. The molecule has 0 bridgehead atoms. The third-order valence-electron chi connectivity index (χ3n) is 8.30. The lowest BCUT2D eigenvalue weighted by atomic mass is 10.0. The lowest BCUT2D eigenvalue weighted by Gasteiger charge is -2.25. The Kier molecular flexibility index (Phi) is 5.58. The Labute approximate surface area is 256 Å². The fourth-order valence-electron chi connectivity index (χ4n) is 6.22. The average Bonchev–Trinajstić information content (AvgIpc) is 3.63. The second-order valence-corrected chi connectivity index (χ2v) is 13.0. The zero-order valence-electron chi connectivity index (χ0n) is 23.1. The van der Waals surface area contributed by atoms with Crippen LogP contribution in [0.1, 0.15) is 0 Å². The quantitative estimate of drug-likeness (QED) is 0.205. The predicted octanol–water partition coefficient (Wildman–Crippen LogP) is 12.1. The molecule has 0 aliphatic rings. The van der Waals surface area contributed by atoms with Crippen molar-refractivity contribution >= 4 is 91.0 Å². The SMILES string of the molecule is c1ccc(N(c2ccc(-c3ccc4sc5c6ccccc6ncc5c4c3)cc2)c2ccc3c(c2)sc2ccccc23)cc1. The first-order valence-corrected chi connectivity index (χ1v) is 16.0. The maximum Gasteiger partial charge on any atom is 0.0716 e. The molecule has 0 aliphatic carbocycles. The number of aromatic nitrogens is 1. The molecule has 0 spiro atoms. The van der Waals surface area contributed by atoms with E-state index in [4.69, 9.17) is 4.98 Å². The predicted molar refractivity (Wildman–Crippen MR) is 188 cm³/mol. The molecule has 3 heterocycles. The number of pyridine rings is 1. The van der Waals surface area contributed by atoms with Crippen molar-refractivity contribution in [3.05, 3.63) is 146 Å². The maximum atomic E-state index is 4.76. The zero-order valence-corrected chi connectivity index (χ0v) is 24.7. The summed E-state index contributed by atoms with van der Waals surface area (Å²) in [5, 5.41) is 6.35. The summed E-state index contributed by atoms with van der Waals surface area (Å²) in [5.41, 5.74) is 6.89. The van der Waals surface area contributed by atoms with E-state index in [0.29, 0.717) is 0 Å². The Bertz CT molecular complexity index is 2450. The Morgan fingerprint density at radius 3 is 1.98 bits per heavy atom.